The van der Waals surface area contributed by atoms with E-state index in [9.17, 15) is 19.8 Å². The number of aliphatic hydroxyl groups excluding tert-OH is 2. The molecule has 0 bridgehead atoms. The lowest BCUT2D eigenvalue weighted by Gasteiger charge is -2.43. The van der Waals surface area contributed by atoms with Gasteiger partial charge in [0.2, 0.25) is 0 Å². The van der Waals surface area contributed by atoms with Crippen molar-refractivity contribution in [1.29, 1.82) is 0 Å². The maximum absolute atomic E-state index is 13.9. The number of esters is 1. The summed E-state index contributed by atoms with van der Waals surface area (Å²) in [5, 5.41) is 24.0. The zero-order valence-corrected chi connectivity index (χ0v) is 37.3. The van der Waals surface area contributed by atoms with Gasteiger partial charge in [-0.15, -0.1) is 0 Å². The van der Waals surface area contributed by atoms with E-state index in [4.69, 9.17) is 23.7 Å². The van der Waals surface area contributed by atoms with Crippen LogP contribution in [0.5, 0.6) is 11.5 Å². The Balaban J connectivity index is 2.03. The van der Waals surface area contributed by atoms with Gasteiger partial charge < -0.3 is 39.2 Å². The first kappa shape index (κ1) is 51.7. The number of aliphatic hydroxyl groups is 2. The third kappa shape index (κ3) is 22.3. The summed E-state index contributed by atoms with van der Waals surface area (Å²) in [5.41, 5.74) is 0.324. The lowest BCUT2D eigenvalue weighted by atomic mass is 9.96. The minimum Gasteiger partial charge on any atom is -0.490 e. The molecule has 10 nitrogen and oxygen atoms in total. The van der Waals surface area contributed by atoms with Crippen LogP contribution in [0.1, 0.15) is 211 Å². The van der Waals surface area contributed by atoms with Gasteiger partial charge in [0.05, 0.1) is 19.8 Å². The second kappa shape index (κ2) is 34.3. The second-order valence-corrected chi connectivity index (χ2v) is 16.5. The molecule has 336 valence electrons. The van der Waals surface area contributed by atoms with E-state index in [1.165, 1.54) is 129 Å². The Hall–Kier alpha value is -2.40. The van der Waals surface area contributed by atoms with Gasteiger partial charge in [-0.05, 0) is 37.5 Å². The Morgan fingerprint density at radius 1 is 0.638 bits per heavy atom. The van der Waals surface area contributed by atoms with Crippen molar-refractivity contribution in [2.75, 3.05) is 26.9 Å². The first-order chi connectivity index (χ1) is 28.4. The zero-order chi connectivity index (χ0) is 42.1. The van der Waals surface area contributed by atoms with Gasteiger partial charge in [0.25, 0.3) is 5.91 Å². The monoisotopic (exact) mass is 820 g/mol. The number of ether oxygens (including phenoxy) is 5. The van der Waals surface area contributed by atoms with Gasteiger partial charge >= 0.3 is 5.97 Å². The van der Waals surface area contributed by atoms with E-state index < -0.39 is 49.1 Å². The number of nitrogens with one attached hydrogen (secondary N) is 1. The molecule has 0 unspecified atom stereocenters. The summed E-state index contributed by atoms with van der Waals surface area (Å²) in [6.45, 7) is 7.28. The van der Waals surface area contributed by atoms with E-state index in [-0.39, 0.29) is 6.42 Å². The lowest BCUT2D eigenvalue weighted by Crippen LogP contribution is -2.65. The van der Waals surface area contributed by atoms with Crippen molar-refractivity contribution in [1.82, 2.24) is 5.32 Å². The van der Waals surface area contributed by atoms with Crippen LogP contribution in [0.15, 0.2) is 18.2 Å². The third-order valence-corrected chi connectivity index (χ3v) is 11.4. The van der Waals surface area contributed by atoms with E-state index in [1.54, 1.807) is 18.2 Å². The summed E-state index contributed by atoms with van der Waals surface area (Å²) in [6.07, 6.45) is 27.5. The average Bonchev–Trinajstić information content (AvgIpc) is 3.23. The van der Waals surface area contributed by atoms with Crippen LogP contribution >= 0.6 is 0 Å². The summed E-state index contributed by atoms with van der Waals surface area (Å²) in [4.78, 5) is 27.0. The highest BCUT2D eigenvalue weighted by atomic mass is 16.7. The number of rotatable bonds is 37. The third-order valence-electron chi connectivity index (χ3n) is 11.4. The maximum atomic E-state index is 13.9. The molecule has 1 saturated heterocycles. The molecule has 1 heterocycles. The van der Waals surface area contributed by atoms with E-state index in [0.29, 0.717) is 36.7 Å². The molecule has 10 heteroatoms. The molecule has 5 atom stereocenters. The van der Waals surface area contributed by atoms with Crippen LogP contribution < -0.4 is 14.8 Å². The van der Waals surface area contributed by atoms with Gasteiger partial charge in [-0.1, -0.05) is 175 Å². The normalized spacial score (nSPS) is 19.2. The summed E-state index contributed by atoms with van der Waals surface area (Å²) in [7, 11) is 1.41. The van der Waals surface area contributed by atoms with Gasteiger partial charge in [0.1, 0.15) is 18.2 Å². The molecular weight excluding hydrogens is 735 g/mol. The van der Waals surface area contributed by atoms with Crippen LogP contribution in [-0.4, -0.2) is 79.7 Å². The molecule has 58 heavy (non-hydrogen) atoms. The molecule has 1 aliphatic rings. The molecule has 2 rings (SSSR count). The summed E-state index contributed by atoms with van der Waals surface area (Å²) >= 11 is 0. The quantitative estimate of drug-likeness (QED) is 0.0443. The number of methoxy groups -OCH3 is 1. The average molecular weight is 820 g/mol. The maximum Gasteiger partial charge on any atom is 0.306 e. The molecule has 1 aromatic rings. The van der Waals surface area contributed by atoms with Gasteiger partial charge in [0.15, 0.2) is 23.9 Å². The van der Waals surface area contributed by atoms with Gasteiger partial charge in [-0.25, -0.2) is 0 Å². The van der Waals surface area contributed by atoms with Crippen LogP contribution in [0, 0.1) is 0 Å². The fraction of sp³-hybridized carbons (Fsp3) is 0.833. The predicted octanol–water partition coefficient (Wildman–Crippen LogP) is 11.2. The number of amides is 1. The van der Waals surface area contributed by atoms with Crippen molar-refractivity contribution in [3.63, 3.8) is 0 Å². The van der Waals surface area contributed by atoms with Gasteiger partial charge in [-0.2, -0.15) is 0 Å². The highest BCUT2D eigenvalue weighted by Gasteiger charge is 2.48. The molecular formula is C48H85NO9. The molecule has 0 saturated carbocycles. The number of unbranched alkanes of at least 4 members (excludes halogenated alkanes) is 24. The topological polar surface area (TPSA) is 133 Å². The number of carbonyl (C=O) groups excluding carboxylic acids is 2. The summed E-state index contributed by atoms with van der Waals surface area (Å²) in [5.74, 6) is 0.171. The summed E-state index contributed by atoms with van der Waals surface area (Å²) in [6, 6.07) is 4.12. The van der Waals surface area contributed by atoms with Crippen LogP contribution in [-0.2, 0) is 19.0 Å². The van der Waals surface area contributed by atoms with E-state index >= 15 is 0 Å². The lowest BCUT2D eigenvalue weighted by molar-refractivity contribution is -0.265. The Morgan fingerprint density at radius 3 is 1.55 bits per heavy atom. The van der Waals surface area contributed by atoms with Crippen molar-refractivity contribution >= 4 is 11.9 Å². The molecule has 0 aliphatic carbocycles. The van der Waals surface area contributed by atoms with E-state index in [0.717, 1.165) is 44.9 Å². The SMILES string of the molecule is CCCCCCCCCCCCCC(=O)O[C@H]1[C@H](O)[C@@H](CO)O[C@@H](OC)[C@@H]1NC(=O)c1ccc(OCCCCCCCCCC)c(OCCCCCCCCCC)c1. The number of hydrogen-bond acceptors (Lipinski definition) is 9. The largest absolute Gasteiger partial charge is 0.490 e. The molecule has 3 N–H and O–H groups in total. The predicted molar refractivity (Wildman–Crippen MR) is 234 cm³/mol. The van der Waals surface area contributed by atoms with E-state index in [2.05, 4.69) is 26.1 Å². The first-order valence-corrected chi connectivity index (χ1v) is 23.8. The Labute approximate surface area is 353 Å². The number of carbonyl (C=O) groups is 2. The highest BCUT2D eigenvalue weighted by molar-refractivity contribution is 5.95. The van der Waals surface area contributed by atoms with Crippen LogP contribution in [0.2, 0.25) is 0 Å². The molecule has 0 spiro atoms. The molecule has 1 aromatic carbocycles. The Bertz CT molecular complexity index is 1170. The van der Waals surface area contributed by atoms with Crippen LogP contribution in [0.3, 0.4) is 0 Å². The van der Waals surface area contributed by atoms with Crippen molar-refractivity contribution in [2.45, 2.75) is 231 Å². The van der Waals surface area contributed by atoms with E-state index in [1.807, 2.05) is 0 Å². The Morgan fingerprint density at radius 2 is 1.09 bits per heavy atom. The minimum absolute atomic E-state index is 0.198. The molecule has 0 aromatic heterocycles. The van der Waals surface area contributed by atoms with Crippen LogP contribution in [0.25, 0.3) is 0 Å². The molecule has 1 aliphatic heterocycles. The standard InChI is InChI=1S/C48H85NO9/c1-5-8-11-14-17-20-21-22-23-26-29-32-43(51)58-46-44(48(54-4)57-42(38-50)45(46)52)49-47(53)39-33-34-40(55-35-30-27-24-18-15-12-9-6-2)41(37-39)56-36-31-28-25-19-16-13-10-7-3/h33-34,37,42,44-46,48,50,52H,5-32,35-36,38H2,1-4H3,(H,49,53)/t42-,44-,45-,46-,48-/m1/s1. The zero-order valence-electron chi connectivity index (χ0n) is 37.3. The first-order valence-electron chi connectivity index (χ1n) is 23.8. The molecule has 1 amide bonds. The fourth-order valence-electron chi connectivity index (χ4n) is 7.66. The smallest absolute Gasteiger partial charge is 0.306 e. The van der Waals surface area contributed by atoms with Crippen molar-refractivity contribution in [3.05, 3.63) is 23.8 Å². The van der Waals surface area contributed by atoms with Crippen molar-refractivity contribution in [3.8, 4) is 11.5 Å². The second-order valence-electron chi connectivity index (χ2n) is 16.5. The summed E-state index contributed by atoms with van der Waals surface area (Å²) < 4.78 is 29.7. The number of benzene rings is 1. The number of hydrogen-bond donors (Lipinski definition) is 3. The molecule has 1 fully saturated rings. The van der Waals surface area contributed by atoms with Crippen LogP contribution in [0.4, 0.5) is 0 Å². The van der Waals surface area contributed by atoms with Gasteiger partial charge in [0, 0.05) is 19.1 Å². The Kier molecular flexibility index (Phi) is 30.6. The highest BCUT2D eigenvalue weighted by Crippen LogP contribution is 2.31. The molecule has 0 radical (unpaired) electrons. The van der Waals surface area contributed by atoms with Crippen molar-refractivity contribution in [2.24, 2.45) is 0 Å². The van der Waals surface area contributed by atoms with Gasteiger partial charge in [-0.3, -0.25) is 9.59 Å². The minimum atomic E-state index is -1.37. The fourth-order valence-corrected chi connectivity index (χ4v) is 7.66. The van der Waals surface area contributed by atoms with Crippen molar-refractivity contribution < 1.29 is 43.5 Å².